The van der Waals surface area contributed by atoms with E-state index < -0.39 is 29.2 Å². The van der Waals surface area contributed by atoms with Crippen LogP contribution >= 0.6 is 0 Å². The monoisotopic (exact) mass is 328 g/mol. The normalized spacial score (nSPS) is 21.9. The second kappa shape index (κ2) is 6.60. The zero-order valence-electron chi connectivity index (χ0n) is 13.0. The zero-order valence-corrected chi connectivity index (χ0v) is 13.0. The van der Waals surface area contributed by atoms with Crippen LogP contribution in [0.4, 0.5) is 18.9 Å². The number of alkyl halides is 3. The minimum absolute atomic E-state index is 0.102. The van der Waals surface area contributed by atoms with E-state index in [1.807, 2.05) is 13.8 Å². The number of benzene rings is 1. The van der Waals surface area contributed by atoms with Crippen LogP contribution in [-0.4, -0.2) is 28.8 Å². The van der Waals surface area contributed by atoms with Crippen LogP contribution in [0.1, 0.15) is 38.7 Å². The molecule has 2 rings (SSSR count). The summed E-state index contributed by atoms with van der Waals surface area (Å²) < 4.78 is 38.8. The van der Waals surface area contributed by atoms with Gasteiger partial charge in [-0.05, 0) is 45.2 Å². The van der Waals surface area contributed by atoms with Gasteiger partial charge in [0, 0.05) is 12.1 Å². The Morgan fingerprint density at radius 2 is 1.70 bits per heavy atom. The Hall–Kier alpha value is -2.05. The third-order valence-corrected chi connectivity index (χ3v) is 4.10. The summed E-state index contributed by atoms with van der Waals surface area (Å²) in [6.07, 6.45) is -2.08. The predicted molar refractivity (Wildman–Crippen MR) is 79.7 cm³/mol. The molecule has 1 heterocycles. The molecular formula is C16H19F3N2O2. The maximum atomic E-state index is 12.9. The summed E-state index contributed by atoms with van der Waals surface area (Å²) in [5.41, 5.74) is -1.38. The molecular weight excluding hydrogens is 309 g/mol. The fourth-order valence-electron chi connectivity index (χ4n) is 2.95. The largest absolute Gasteiger partial charge is 0.418 e. The van der Waals surface area contributed by atoms with Crippen molar-refractivity contribution in [1.29, 1.82) is 0 Å². The topological polar surface area (TPSA) is 49.4 Å². The van der Waals surface area contributed by atoms with E-state index in [0.29, 0.717) is 0 Å². The zero-order chi connectivity index (χ0) is 17.2. The van der Waals surface area contributed by atoms with Gasteiger partial charge in [0.25, 0.3) is 0 Å². The van der Waals surface area contributed by atoms with Crippen molar-refractivity contribution >= 4 is 17.5 Å². The van der Waals surface area contributed by atoms with Crippen molar-refractivity contribution in [2.24, 2.45) is 0 Å². The highest BCUT2D eigenvalue weighted by molar-refractivity contribution is 6.39. The van der Waals surface area contributed by atoms with Crippen molar-refractivity contribution in [1.82, 2.24) is 4.90 Å². The molecule has 7 heteroatoms. The van der Waals surface area contributed by atoms with E-state index >= 15 is 0 Å². The Kier molecular flexibility index (Phi) is 4.97. The van der Waals surface area contributed by atoms with Crippen LogP contribution in [0.25, 0.3) is 0 Å². The maximum Gasteiger partial charge on any atom is 0.418 e. The minimum Gasteiger partial charge on any atom is -0.329 e. The van der Waals surface area contributed by atoms with E-state index in [1.165, 1.54) is 17.0 Å². The number of para-hydroxylation sites is 1. The van der Waals surface area contributed by atoms with Crippen LogP contribution in [0.2, 0.25) is 0 Å². The molecule has 1 aromatic rings. The Morgan fingerprint density at radius 1 is 1.13 bits per heavy atom. The molecule has 1 aromatic carbocycles. The molecule has 4 nitrogen and oxygen atoms in total. The average molecular weight is 328 g/mol. The van der Waals surface area contributed by atoms with Gasteiger partial charge in [0.2, 0.25) is 0 Å². The molecule has 2 atom stereocenters. The lowest BCUT2D eigenvalue weighted by Gasteiger charge is -2.38. The molecule has 0 saturated carbocycles. The average Bonchev–Trinajstić information content (AvgIpc) is 2.46. The van der Waals surface area contributed by atoms with Crippen molar-refractivity contribution in [3.8, 4) is 0 Å². The molecule has 0 radical (unpaired) electrons. The van der Waals surface area contributed by atoms with Gasteiger partial charge in [0.1, 0.15) is 0 Å². The number of hydrogen-bond acceptors (Lipinski definition) is 2. The maximum absolute atomic E-state index is 12.9. The van der Waals surface area contributed by atoms with Crippen molar-refractivity contribution < 1.29 is 22.8 Å². The number of carbonyl (C=O) groups is 2. The summed E-state index contributed by atoms with van der Waals surface area (Å²) in [5, 5.41) is 2.11. The van der Waals surface area contributed by atoms with E-state index in [1.54, 1.807) is 0 Å². The molecule has 0 aromatic heterocycles. The summed E-state index contributed by atoms with van der Waals surface area (Å²) >= 11 is 0. The number of hydrogen-bond donors (Lipinski definition) is 1. The van der Waals surface area contributed by atoms with Gasteiger partial charge in [-0.15, -0.1) is 0 Å². The quantitative estimate of drug-likeness (QED) is 0.803. The van der Waals surface area contributed by atoms with Crippen molar-refractivity contribution in [2.75, 3.05) is 5.32 Å². The molecule has 126 valence electrons. The van der Waals surface area contributed by atoms with Gasteiger partial charge in [0.05, 0.1) is 11.3 Å². The summed E-state index contributed by atoms with van der Waals surface area (Å²) in [6.45, 7) is 3.68. The van der Waals surface area contributed by atoms with Gasteiger partial charge < -0.3 is 10.2 Å². The number of amides is 2. The van der Waals surface area contributed by atoms with Crippen molar-refractivity contribution in [2.45, 2.75) is 51.4 Å². The van der Waals surface area contributed by atoms with Gasteiger partial charge in [-0.1, -0.05) is 12.1 Å². The van der Waals surface area contributed by atoms with Crippen LogP contribution in [0, 0.1) is 0 Å². The molecule has 2 amide bonds. The number of carbonyl (C=O) groups excluding carboxylic acids is 2. The lowest BCUT2D eigenvalue weighted by molar-refractivity contribution is -0.147. The van der Waals surface area contributed by atoms with Crippen LogP contribution in [-0.2, 0) is 15.8 Å². The fourth-order valence-corrected chi connectivity index (χ4v) is 2.95. The van der Waals surface area contributed by atoms with Crippen LogP contribution < -0.4 is 5.32 Å². The van der Waals surface area contributed by atoms with E-state index in [9.17, 15) is 22.8 Å². The van der Waals surface area contributed by atoms with E-state index in [4.69, 9.17) is 0 Å². The first-order valence-corrected chi connectivity index (χ1v) is 7.51. The first-order chi connectivity index (χ1) is 10.7. The van der Waals surface area contributed by atoms with Gasteiger partial charge >= 0.3 is 18.0 Å². The van der Waals surface area contributed by atoms with E-state index in [2.05, 4.69) is 5.32 Å². The molecule has 0 bridgehead atoms. The number of halogens is 3. The van der Waals surface area contributed by atoms with Gasteiger partial charge in [-0.25, -0.2) is 0 Å². The minimum atomic E-state index is -4.60. The van der Waals surface area contributed by atoms with Crippen LogP contribution in [0.15, 0.2) is 24.3 Å². The molecule has 1 aliphatic rings. The highest BCUT2D eigenvalue weighted by Gasteiger charge is 2.36. The second-order valence-electron chi connectivity index (χ2n) is 5.84. The molecule has 23 heavy (non-hydrogen) atoms. The SMILES string of the molecule is CC1CCCC(C)N1C(=O)C(=O)Nc1ccccc1C(F)(F)F. The Balaban J connectivity index is 2.18. The number of nitrogens with one attached hydrogen (secondary N) is 1. The summed E-state index contributed by atoms with van der Waals surface area (Å²) in [7, 11) is 0. The lowest BCUT2D eigenvalue weighted by Crippen LogP contribution is -2.51. The van der Waals surface area contributed by atoms with Crippen molar-refractivity contribution in [3.63, 3.8) is 0 Å². The number of nitrogens with zero attached hydrogens (tertiary/aromatic N) is 1. The molecule has 1 saturated heterocycles. The number of likely N-dealkylation sites (tertiary alicyclic amines) is 1. The summed E-state index contributed by atoms with van der Waals surface area (Å²) in [4.78, 5) is 25.9. The Labute approximate surface area is 132 Å². The molecule has 1 aliphatic heterocycles. The molecule has 0 aliphatic carbocycles. The number of rotatable bonds is 1. The molecule has 1 fully saturated rings. The third kappa shape index (κ3) is 3.83. The molecule has 0 spiro atoms. The van der Waals surface area contributed by atoms with Gasteiger partial charge in [-0.3, -0.25) is 9.59 Å². The van der Waals surface area contributed by atoms with Gasteiger partial charge in [-0.2, -0.15) is 13.2 Å². The van der Waals surface area contributed by atoms with E-state index in [0.717, 1.165) is 31.4 Å². The predicted octanol–water partition coefficient (Wildman–Crippen LogP) is 3.43. The number of anilines is 1. The van der Waals surface area contributed by atoms with Gasteiger partial charge in [0.15, 0.2) is 0 Å². The molecule has 2 unspecified atom stereocenters. The number of piperidine rings is 1. The smallest absolute Gasteiger partial charge is 0.329 e. The first-order valence-electron chi connectivity index (χ1n) is 7.51. The molecule has 1 N–H and O–H groups in total. The van der Waals surface area contributed by atoms with Crippen molar-refractivity contribution in [3.05, 3.63) is 29.8 Å². The fraction of sp³-hybridized carbons (Fsp3) is 0.500. The third-order valence-electron chi connectivity index (χ3n) is 4.10. The standard InChI is InChI=1S/C16H19F3N2O2/c1-10-6-5-7-11(2)21(10)15(23)14(22)20-13-9-4-3-8-12(13)16(17,18)19/h3-4,8-11H,5-7H2,1-2H3,(H,20,22). The van der Waals surface area contributed by atoms with Crippen LogP contribution in [0.5, 0.6) is 0 Å². The Morgan fingerprint density at radius 3 is 2.26 bits per heavy atom. The Bertz CT molecular complexity index is 591. The first kappa shape index (κ1) is 17.3. The van der Waals surface area contributed by atoms with Crippen LogP contribution in [0.3, 0.4) is 0 Å². The van der Waals surface area contributed by atoms with E-state index in [-0.39, 0.29) is 12.1 Å². The summed E-state index contributed by atoms with van der Waals surface area (Å²) in [6, 6.07) is 4.41. The second-order valence-corrected chi connectivity index (χ2v) is 5.84. The lowest BCUT2D eigenvalue weighted by atomic mass is 9.97. The summed E-state index contributed by atoms with van der Waals surface area (Å²) in [5.74, 6) is -1.83. The highest BCUT2D eigenvalue weighted by atomic mass is 19.4. The highest BCUT2D eigenvalue weighted by Crippen LogP contribution is 2.34.